The fourth-order valence-corrected chi connectivity index (χ4v) is 2.37. The summed E-state index contributed by atoms with van der Waals surface area (Å²) in [6, 6.07) is 0. The fourth-order valence-electron chi connectivity index (χ4n) is 2.37. The number of aliphatic imine (C=N–C) groups is 1. The van der Waals surface area contributed by atoms with Gasteiger partial charge in [-0.1, -0.05) is 20.8 Å². The van der Waals surface area contributed by atoms with Gasteiger partial charge in [-0.15, -0.1) is 0 Å². The molecule has 0 aromatic carbocycles. The number of rotatable bonds is 7. The predicted molar refractivity (Wildman–Crippen MR) is 83.4 cm³/mol. The van der Waals surface area contributed by atoms with Crippen LogP contribution < -0.4 is 11.1 Å². The van der Waals surface area contributed by atoms with Gasteiger partial charge in [-0.3, -0.25) is 4.99 Å². The lowest BCUT2D eigenvalue weighted by Gasteiger charge is -2.31. The SMILES string of the molecule is CCCNC(N)=NCC1CCN(CCC(C)C)CC1. The molecule has 19 heavy (non-hydrogen) atoms. The van der Waals surface area contributed by atoms with Crippen LogP contribution in [0.15, 0.2) is 4.99 Å². The zero-order valence-corrected chi connectivity index (χ0v) is 13.0. The van der Waals surface area contributed by atoms with E-state index in [2.05, 4.69) is 36.0 Å². The predicted octanol–water partition coefficient (Wildman–Crippen LogP) is 2.06. The Morgan fingerprint density at radius 3 is 2.63 bits per heavy atom. The zero-order valence-electron chi connectivity index (χ0n) is 13.0. The number of hydrogen-bond donors (Lipinski definition) is 2. The third-order valence-electron chi connectivity index (χ3n) is 3.81. The van der Waals surface area contributed by atoms with Gasteiger partial charge in [-0.05, 0) is 57.2 Å². The smallest absolute Gasteiger partial charge is 0.188 e. The van der Waals surface area contributed by atoms with Crippen LogP contribution in [0, 0.1) is 11.8 Å². The summed E-state index contributed by atoms with van der Waals surface area (Å²) in [5.41, 5.74) is 5.81. The van der Waals surface area contributed by atoms with Crippen LogP contribution in [0.5, 0.6) is 0 Å². The van der Waals surface area contributed by atoms with Gasteiger partial charge in [-0.2, -0.15) is 0 Å². The zero-order chi connectivity index (χ0) is 14.1. The maximum absolute atomic E-state index is 5.81. The molecule has 0 aromatic heterocycles. The van der Waals surface area contributed by atoms with E-state index in [0.717, 1.165) is 31.3 Å². The second kappa shape index (κ2) is 9.18. The van der Waals surface area contributed by atoms with E-state index in [0.29, 0.717) is 5.96 Å². The minimum Gasteiger partial charge on any atom is -0.370 e. The molecule has 1 heterocycles. The highest BCUT2D eigenvalue weighted by Gasteiger charge is 2.18. The lowest BCUT2D eigenvalue weighted by atomic mass is 9.96. The van der Waals surface area contributed by atoms with Crippen LogP contribution in [0.25, 0.3) is 0 Å². The van der Waals surface area contributed by atoms with E-state index < -0.39 is 0 Å². The first-order valence-corrected chi connectivity index (χ1v) is 7.88. The van der Waals surface area contributed by atoms with Gasteiger partial charge < -0.3 is 16.0 Å². The minimum absolute atomic E-state index is 0.615. The first-order chi connectivity index (χ1) is 9.11. The first-order valence-electron chi connectivity index (χ1n) is 7.88. The average molecular weight is 268 g/mol. The Balaban J connectivity index is 2.15. The Labute approximate surface area is 118 Å². The summed E-state index contributed by atoms with van der Waals surface area (Å²) < 4.78 is 0. The highest BCUT2D eigenvalue weighted by atomic mass is 15.1. The van der Waals surface area contributed by atoms with Crippen molar-refractivity contribution in [1.82, 2.24) is 10.2 Å². The highest BCUT2D eigenvalue weighted by Crippen LogP contribution is 2.18. The van der Waals surface area contributed by atoms with Crippen molar-refractivity contribution < 1.29 is 0 Å². The maximum Gasteiger partial charge on any atom is 0.188 e. The molecule has 0 amide bonds. The summed E-state index contributed by atoms with van der Waals surface area (Å²) in [7, 11) is 0. The molecule has 1 saturated heterocycles. The van der Waals surface area contributed by atoms with Gasteiger partial charge >= 0.3 is 0 Å². The van der Waals surface area contributed by atoms with Gasteiger partial charge in [-0.25, -0.2) is 0 Å². The Kier molecular flexibility index (Phi) is 7.87. The molecule has 0 aliphatic carbocycles. The summed E-state index contributed by atoms with van der Waals surface area (Å²) >= 11 is 0. The molecule has 0 saturated carbocycles. The summed E-state index contributed by atoms with van der Waals surface area (Å²) in [4.78, 5) is 7.05. The first kappa shape index (κ1) is 16.3. The van der Waals surface area contributed by atoms with Gasteiger partial charge in [0.1, 0.15) is 0 Å². The summed E-state index contributed by atoms with van der Waals surface area (Å²) in [6.07, 6.45) is 4.94. The number of likely N-dealkylation sites (tertiary alicyclic amines) is 1. The summed E-state index contributed by atoms with van der Waals surface area (Å²) in [5, 5.41) is 3.13. The minimum atomic E-state index is 0.615. The third kappa shape index (κ3) is 7.41. The number of hydrogen-bond acceptors (Lipinski definition) is 2. The standard InChI is InChI=1S/C15H32N4/c1-4-8-17-15(16)18-12-14-6-10-19(11-7-14)9-5-13(2)3/h13-14H,4-12H2,1-3H3,(H3,16,17,18). The van der Waals surface area contributed by atoms with Crippen LogP contribution in [-0.2, 0) is 0 Å². The molecule has 0 radical (unpaired) electrons. The molecule has 1 fully saturated rings. The molecule has 0 atom stereocenters. The number of nitrogens with one attached hydrogen (secondary N) is 1. The quantitative estimate of drug-likeness (QED) is 0.549. The molecule has 3 N–H and O–H groups in total. The molecule has 0 unspecified atom stereocenters. The van der Waals surface area contributed by atoms with Crippen molar-refractivity contribution in [3.8, 4) is 0 Å². The molecule has 4 heteroatoms. The molecule has 112 valence electrons. The number of nitrogens with zero attached hydrogens (tertiary/aromatic N) is 2. The third-order valence-corrected chi connectivity index (χ3v) is 3.81. The second-order valence-corrected chi connectivity index (χ2v) is 6.12. The summed E-state index contributed by atoms with van der Waals surface area (Å²) in [6.45, 7) is 12.3. The van der Waals surface area contributed by atoms with Crippen LogP contribution in [0.1, 0.15) is 46.5 Å². The van der Waals surface area contributed by atoms with E-state index in [1.54, 1.807) is 0 Å². The van der Waals surface area contributed by atoms with Crippen molar-refractivity contribution in [2.75, 3.05) is 32.7 Å². The van der Waals surface area contributed by atoms with Crippen molar-refractivity contribution >= 4 is 5.96 Å². The maximum atomic E-state index is 5.81. The normalized spacial score (nSPS) is 19.1. The van der Waals surface area contributed by atoms with Crippen LogP contribution in [-0.4, -0.2) is 43.6 Å². The fraction of sp³-hybridized carbons (Fsp3) is 0.933. The lowest BCUT2D eigenvalue weighted by Crippen LogP contribution is -2.37. The van der Waals surface area contributed by atoms with Gasteiger partial charge in [0.05, 0.1) is 0 Å². The Morgan fingerprint density at radius 1 is 1.37 bits per heavy atom. The molecule has 1 aliphatic rings. The molecule has 1 aliphatic heterocycles. The highest BCUT2D eigenvalue weighted by molar-refractivity contribution is 5.77. The Morgan fingerprint density at radius 2 is 2.05 bits per heavy atom. The van der Waals surface area contributed by atoms with Gasteiger partial charge in [0.15, 0.2) is 5.96 Å². The van der Waals surface area contributed by atoms with Gasteiger partial charge in [0.2, 0.25) is 0 Å². The molecule has 4 nitrogen and oxygen atoms in total. The van der Waals surface area contributed by atoms with Gasteiger partial charge in [0, 0.05) is 13.1 Å². The average Bonchev–Trinajstić information content (AvgIpc) is 2.41. The Bertz CT molecular complexity index is 255. The van der Waals surface area contributed by atoms with E-state index >= 15 is 0 Å². The largest absolute Gasteiger partial charge is 0.370 e. The van der Waals surface area contributed by atoms with Crippen molar-refractivity contribution in [3.63, 3.8) is 0 Å². The molecule has 1 rings (SSSR count). The van der Waals surface area contributed by atoms with E-state index in [1.807, 2.05) is 0 Å². The number of guanidine groups is 1. The molecule has 0 aromatic rings. The van der Waals surface area contributed by atoms with E-state index in [-0.39, 0.29) is 0 Å². The van der Waals surface area contributed by atoms with Crippen molar-refractivity contribution in [3.05, 3.63) is 0 Å². The van der Waals surface area contributed by atoms with Crippen LogP contribution in [0.4, 0.5) is 0 Å². The van der Waals surface area contributed by atoms with E-state index in [9.17, 15) is 0 Å². The summed E-state index contributed by atoms with van der Waals surface area (Å²) in [5.74, 6) is 2.15. The topological polar surface area (TPSA) is 53.6 Å². The van der Waals surface area contributed by atoms with Crippen LogP contribution >= 0.6 is 0 Å². The van der Waals surface area contributed by atoms with Crippen LogP contribution in [0.3, 0.4) is 0 Å². The van der Waals surface area contributed by atoms with Crippen molar-refractivity contribution in [1.29, 1.82) is 0 Å². The van der Waals surface area contributed by atoms with E-state index in [4.69, 9.17) is 5.73 Å². The molecular formula is C15H32N4. The second-order valence-electron chi connectivity index (χ2n) is 6.12. The van der Waals surface area contributed by atoms with Crippen LogP contribution in [0.2, 0.25) is 0 Å². The molecular weight excluding hydrogens is 236 g/mol. The number of piperidine rings is 1. The molecule has 0 spiro atoms. The number of nitrogens with two attached hydrogens (primary N) is 1. The van der Waals surface area contributed by atoms with E-state index in [1.165, 1.54) is 38.9 Å². The Hall–Kier alpha value is -0.770. The van der Waals surface area contributed by atoms with Crippen molar-refractivity contribution in [2.45, 2.75) is 46.5 Å². The van der Waals surface area contributed by atoms with Gasteiger partial charge in [0.25, 0.3) is 0 Å². The molecule has 0 bridgehead atoms. The monoisotopic (exact) mass is 268 g/mol. The lowest BCUT2D eigenvalue weighted by molar-refractivity contribution is 0.180. The van der Waals surface area contributed by atoms with Crippen molar-refractivity contribution in [2.24, 2.45) is 22.6 Å².